The minimum absolute atomic E-state index is 0.202. The van der Waals surface area contributed by atoms with Gasteiger partial charge in [0.1, 0.15) is 0 Å². The molecular weight excluding hydrogens is 210 g/mol. The van der Waals surface area contributed by atoms with Crippen molar-refractivity contribution in [2.75, 3.05) is 19.6 Å². The summed E-state index contributed by atoms with van der Waals surface area (Å²) >= 11 is 0. The molecule has 98 valence electrons. The number of rotatable bonds is 6. The molecule has 2 fully saturated rings. The molecular formula is C14H27N3. The fourth-order valence-corrected chi connectivity index (χ4v) is 3.75. The third-order valence-corrected chi connectivity index (χ3v) is 4.89. The SMILES string of the molecule is CCN(CC(C)C(=N)N)CC1CC2CCC1C2. The molecule has 3 nitrogen and oxygen atoms in total. The largest absolute Gasteiger partial charge is 0.387 e. The average Bonchev–Trinajstić information content (AvgIpc) is 2.89. The standard InChI is InChI=1S/C14H27N3/c1-3-17(8-10(2)14(15)16)9-13-7-11-4-5-12(13)6-11/h10-13H,3-9H2,1-2H3,(H3,15,16). The van der Waals surface area contributed by atoms with Gasteiger partial charge >= 0.3 is 0 Å². The molecule has 0 spiro atoms. The second-order valence-corrected chi connectivity index (χ2v) is 6.14. The van der Waals surface area contributed by atoms with Crippen molar-refractivity contribution in [2.24, 2.45) is 29.4 Å². The number of hydrogen-bond acceptors (Lipinski definition) is 2. The predicted octanol–water partition coefficient (Wildman–Crippen LogP) is 2.32. The lowest BCUT2D eigenvalue weighted by molar-refractivity contribution is 0.188. The van der Waals surface area contributed by atoms with Crippen LogP contribution in [0.25, 0.3) is 0 Å². The van der Waals surface area contributed by atoms with Crippen molar-refractivity contribution in [1.29, 1.82) is 5.41 Å². The zero-order valence-corrected chi connectivity index (χ0v) is 11.3. The molecule has 2 rings (SSSR count). The van der Waals surface area contributed by atoms with Crippen LogP contribution in [0.15, 0.2) is 0 Å². The maximum Gasteiger partial charge on any atom is 0.0947 e. The highest BCUT2D eigenvalue weighted by Crippen LogP contribution is 2.48. The second-order valence-electron chi connectivity index (χ2n) is 6.14. The van der Waals surface area contributed by atoms with E-state index in [1.807, 2.05) is 0 Å². The van der Waals surface area contributed by atoms with Crippen LogP contribution in [-0.4, -0.2) is 30.4 Å². The van der Waals surface area contributed by atoms with E-state index in [2.05, 4.69) is 18.7 Å². The van der Waals surface area contributed by atoms with Gasteiger partial charge in [0.25, 0.3) is 0 Å². The first-order valence-electron chi connectivity index (χ1n) is 7.16. The van der Waals surface area contributed by atoms with Gasteiger partial charge in [0.15, 0.2) is 0 Å². The zero-order chi connectivity index (χ0) is 12.4. The van der Waals surface area contributed by atoms with E-state index in [9.17, 15) is 0 Å². The van der Waals surface area contributed by atoms with Crippen molar-refractivity contribution in [3.05, 3.63) is 0 Å². The van der Waals surface area contributed by atoms with Crippen LogP contribution in [0.1, 0.15) is 39.5 Å². The first kappa shape index (κ1) is 12.9. The molecule has 4 atom stereocenters. The Morgan fingerprint density at radius 2 is 2.18 bits per heavy atom. The van der Waals surface area contributed by atoms with Crippen LogP contribution in [0.3, 0.4) is 0 Å². The van der Waals surface area contributed by atoms with Crippen LogP contribution in [0.2, 0.25) is 0 Å². The Bertz CT molecular complexity index is 277. The van der Waals surface area contributed by atoms with Gasteiger partial charge in [-0.2, -0.15) is 0 Å². The number of hydrogen-bond donors (Lipinski definition) is 2. The van der Waals surface area contributed by atoms with Crippen molar-refractivity contribution in [3.63, 3.8) is 0 Å². The Balaban J connectivity index is 1.81. The van der Waals surface area contributed by atoms with Crippen molar-refractivity contribution >= 4 is 5.84 Å². The van der Waals surface area contributed by atoms with Crippen LogP contribution in [0.5, 0.6) is 0 Å². The predicted molar refractivity (Wildman–Crippen MR) is 72.1 cm³/mol. The molecule has 0 aromatic rings. The van der Waals surface area contributed by atoms with Crippen LogP contribution < -0.4 is 5.73 Å². The lowest BCUT2D eigenvalue weighted by Gasteiger charge is -2.30. The molecule has 0 aromatic heterocycles. The average molecular weight is 237 g/mol. The molecule has 17 heavy (non-hydrogen) atoms. The highest BCUT2D eigenvalue weighted by molar-refractivity contribution is 5.79. The number of amidine groups is 1. The van der Waals surface area contributed by atoms with Crippen molar-refractivity contribution in [1.82, 2.24) is 4.90 Å². The van der Waals surface area contributed by atoms with E-state index >= 15 is 0 Å². The van der Waals surface area contributed by atoms with Gasteiger partial charge in [-0.15, -0.1) is 0 Å². The zero-order valence-electron chi connectivity index (χ0n) is 11.3. The number of nitrogens with zero attached hydrogens (tertiary/aromatic N) is 1. The van der Waals surface area contributed by atoms with Gasteiger partial charge in [-0.1, -0.05) is 20.3 Å². The molecule has 2 bridgehead atoms. The minimum Gasteiger partial charge on any atom is -0.387 e. The third-order valence-electron chi connectivity index (χ3n) is 4.89. The lowest BCUT2D eigenvalue weighted by Crippen LogP contribution is -2.38. The van der Waals surface area contributed by atoms with E-state index in [0.29, 0.717) is 5.84 Å². The molecule has 3 N–H and O–H groups in total. The lowest BCUT2D eigenvalue weighted by atomic mass is 9.88. The Hall–Kier alpha value is -0.570. The maximum atomic E-state index is 7.49. The van der Waals surface area contributed by atoms with Gasteiger partial charge in [-0.05, 0) is 43.6 Å². The summed E-state index contributed by atoms with van der Waals surface area (Å²) < 4.78 is 0. The molecule has 2 saturated carbocycles. The number of nitrogens with one attached hydrogen (secondary N) is 1. The number of fused-ring (bicyclic) bond motifs is 2. The molecule has 0 radical (unpaired) electrons. The summed E-state index contributed by atoms with van der Waals surface area (Å²) in [5.74, 6) is 3.49. The van der Waals surface area contributed by atoms with E-state index in [0.717, 1.165) is 30.8 Å². The van der Waals surface area contributed by atoms with Crippen molar-refractivity contribution < 1.29 is 0 Å². The Morgan fingerprint density at radius 3 is 2.65 bits per heavy atom. The Morgan fingerprint density at radius 1 is 1.41 bits per heavy atom. The van der Waals surface area contributed by atoms with Crippen LogP contribution in [0, 0.1) is 29.1 Å². The highest BCUT2D eigenvalue weighted by atomic mass is 15.1. The first-order chi connectivity index (χ1) is 8.10. The van der Waals surface area contributed by atoms with Gasteiger partial charge in [0.2, 0.25) is 0 Å². The monoisotopic (exact) mass is 237 g/mol. The first-order valence-corrected chi connectivity index (χ1v) is 7.16. The van der Waals surface area contributed by atoms with Gasteiger partial charge in [0, 0.05) is 19.0 Å². The molecule has 0 heterocycles. The molecule has 0 amide bonds. The maximum absolute atomic E-state index is 7.49. The van der Waals surface area contributed by atoms with Crippen LogP contribution in [0.4, 0.5) is 0 Å². The Kier molecular flexibility index (Phi) is 4.08. The molecule has 2 aliphatic carbocycles. The molecule has 4 unspecified atom stereocenters. The summed E-state index contributed by atoms with van der Waals surface area (Å²) in [6, 6.07) is 0. The van der Waals surface area contributed by atoms with E-state index in [1.54, 1.807) is 0 Å². The third kappa shape index (κ3) is 3.01. The summed E-state index contributed by atoms with van der Waals surface area (Å²) in [7, 11) is 0. The fraction of sp³-hybridized carbons (Fsp3) is 0.929. The van der Waals surface area contributed by atoms with Crippen molar-refractivity contribution in [2.45, 2.75) is 39.5 Å². The fourth-order valence-electron chi connectivity index (χ4n) is 3.75. The molecule has 0 aliphatic heterocycles. The summed E-state index contributed by atoms with van der Waals surface area (Å²) in [4.78, 5) is 2.50. The second kappa shape index (κ2) is 5.38. The van der Waals surface area contributed by atoms with Crippen molar-refractivity contribution in [3.8, 4) is 0 Å². The van der Waals surface area contributed by atoms with E-state index < -0.39 is 0 Å². The van der Waals surface area contributed by atoms with Gasteiger partial charge in [-0.3, -0.25) is 5.41 Å². The molecule has 0 saturated heterocycles. The minimum atomic E-state index is 0.202. The summed E-state index contributed by atoms with van der Waals surface area (Å²) in [5, 5.41) is 7.49. The molecule has 0 aromatic carbocycles. The van der Waals surface area contributed by atoms with E-state index in [-0.39, 0.29) is 5.92 Å². The summed E-state index contributed by atoms with van der Waals surface area (Å²) in [6.45, 7) is 7.56. The summed E-state index contributed by atoms with van der Waals surface area (Å²) in [6.07, 6.45) is 5.90. The van der Waals surface area contributed by atoms with E-state index in [1.165, 1.54) is 32.2 Å². The van der Waals surface area contributed by atoms with Crippen LogP contribution in [-0.2, 0) is 0 Å². The van der Waals surface area contributed by atoms with Gasteiger partial charge < -0.3 is 10.6 Å². The Labute approximate surface area is 105 Å². The topological polar surface area (TPSA) is 53.1 Å². The quantitative estimate of drug-likeness (QED) is 0.550. The molecule has 3 heteroatoms. The normalized spacial score (nSPS) is 33.2. The van der Waals surface area contributed by atoms with E-state index in [4.69, 9.17) is 11.1 Å². The summed E-state index contributed by atoms with van der Waals surface area (Å²) in [5.41, 5.74) is 5.56. The number of nitrogens with two attached hydrogens (primary N) is 1. The van der Waals surface area contributed by atoms with Gasteiger partial charge in [0.05, 0.1) is 5.84 Å². The molecule has 2 aliphatic rings. The van der Waals surface area contributed by atoms with Gasteiger partial charge in [-0.25, -0.2) is 0 Å². The highest BCUT2D eigenvalue weighted by Gasteiger charge is 2.39. The smallest absolute Gasteiger partial charge is 0.0947 e. The van der Waals surface area contributed by atoms with Crippen LogP contribution >= 0.6 is 0 Å².